The lowest BCUT2D eigenvalue weighted by Crippen LogP contribution is -2.19. The van der Waals surface area contributed by atoms with Crippen LogP contribution in [0.2, 0.25) is 0 Å². The van der Waals surface area contributed by atoms with Crippen molar-refractivity contribution in [2.45, 2.75) is 19.8 Å². The summed E-state index contributed by atoms with van der Waals surface area (Å²) in [6.45, 7) is 5.86. The van der Waals surface area contributed by atoms with Crippen LogP contribution in [0.15, 0.2) is 12.1 Å². The van der Waals surface area contributed by atoms with Gasteiger partial charge in [-0.3, -0.25) is 0 Å². The van der Waals surface area contributed by atoms with E-state index in [-0.39, 0.29) is 0 Å². The summed E-state index contributed by atoms with van der Waals surface area (Å²) in [7, 11) is 0. The number of nitrogens with one attached hydrogen (secondary N) is 1. The van der Waals surface area contributed by atoms with Crippen molar-refractivity contribution in [2.75, 3.05) is 24.2 Å². The summed E-state index contributed by atoms with van der Waals surface area (Å²) in [6.07, 6.45) is 0. The van der Waals surface area contributed by atoms with Crippen LogP contribution in [0.5, 0.6) is 5.75 Å². The van der Waals surface area contributed by atoms with Crippen LogP contribution >= 0.6 is 0 Å². The fraction of sp³-hybridized carbons (Fsp3) is 0.455. The SMILES string of the molecule is CC(C)c1cc(N)c2c(c1)NCCO2. The van der Waals surface area contributed by atoms with Gasteiger partial charge in [0.15, 0.2) is 5.75 Å². The highest BCUT2D eigenvalue weighted by Crippen LogP contribution is 2.36. The van der Waals surface area contributed by atoms with Gasteiger partial charge in [0.25, 0.3) is 0 Å². The summed E-state index contributed by atoms with van der Waals surface area (Å²) in [5.41, 5.74) is 8.93. The van der Waals surface area contributed by atoms with Crippen molar-refractivity contribution in [3.63, 3.8) is 0 Å². The summed E-state index contributed by atoms with van der Waals surface area (Å²) >= 11 is 0. The molecule has 3 nitrogen and oxygen atoms in total. The van der Waals surface area contributed by atoms with Crippen LogP contribution in [0.1, 0.15) is 25.3 Å². The van der Waals surface area contributed by atoms with Crippen LogP contribution < -0.4 is 15.8 Å². The van der Waals surface area contributed by atoms with Crippen molar-refractivity contribution in [3.8, 4) is 5.75 Å². The Labute approximate surface area is 84.3 Å². The zero-order valence-corrected chi connectivity index (χ0v) is 8.63. The average Bonchev–Trinajstić information content (AvgIpc) is 2.17. The maximum atomic E-state index is 5.91. The molecule has 76 valence electrons. The Morgan fingerprint density at radius 2 is 2.21 bits per heavy atom. The van der Waals surface area contributed by atoms with E-state index >= 15 is 0 Å². The number of nitrogens with two attached hydrogens (primary N) is 1. The number of ether oxygens (including phenoxy) is 1. The summed E-state index contributed by atoms with van der Waals surface area (Å²) in [5.74, 6) is 1.30. The molecule has 0 fully saturated rings. The molecular weight excluding hydrogens is 176 g/mol. The molecule has 3 heteroatoms. The summed E-state index contributed by atoms with van der Waals surface area (Å²) in [6, 6.07) is 4.12. The molecule has 1 aliphatic rings. The van der Waals surface area contributed by atoms with E-state index in [0.717, 1.165) is 23.7 Å². The molecule has 0 aliphatic carbocycles. The van der Waals surface area contributed by atoms with Crippen molar-refractivity contribution in [1.82, 2.24) is 0 Å². The molecule has 0 atom stereocenters. The fourth-order valence-electron chi connectivity index (χ4n) is 1.64. The van der Waals surface area contributed by atoms with Gasteiger partial charge < -0.3 is 15.8 Å². The quantitative estimate of drug-likeness (QED) is 0.670. The largest absolute Gasteiger partial charge is 0.487 e. The second kappa shape index (κ2) is 3.40. The van der Waals surface area contributed by atoms with Crippen LogP contribution in [0.4, 0.5) is 11.4 Å². The predicted molar refractivity (Wildman–Crippen MR) is 58.9 cm³/mol. The molecule has 0 unspecified atom stereocenters. The van der Waals surface area contributed by atoms with E-state index < -0.39 is 0 Å². The Morgan fingerprint density at radius 3 is 2.93 bits per heavy atom. The van der Waals surface area contributed by atoms with Crippen LogP contribution in [-0.4, -0.2) is 13.2 Å². The summed E-state index contributed by atoms with van der Waals surface area (Å²) < 4.78 is 5.50. The standard InChI is InChI=1S/C11H16N2O/c1-7(2)8-5-9(12)11-10(6-8)13-3-4-14-11/h5-7,13H,3-4,12H2,1-2H3. The number of nitrogen functional groups attached to an aromatic ring is 1. The molecule has 0 bridgehead atoms. The molecule has 14 heavy (non-hydrogen) atoms. The zero-order chi connectivity index (χ0) is 10.1. The van der Waals surface area contributed by atoms with E-state index in [9.17, 15) is 0 Å². The van der Waals surface area contributed by atoms with Gasteiger partial charge >= 0.3 is 0 Å². The first-order valence-electron chi connectivity index (χ1n) is 4.98. The van der Waals surface area contributed by atoms with E-state index in [1.807, 2.05) is 6.07 Å². The van der Waals surface area contributed by atoms with Gasteiger partial charge in [-0.2, -0.15) is 0 Å². The average molecular weight is 192 g/mol. The van der Waals surface area contributed by atoms with Gasteiger partial charge in [-0.05, 0) is 23.6 Å². The lowest BCUT2D eigenvalue weighted by molar-refractivity contribution is 0.325. The summed E-state index contributed by atoms with van der Waals surface area (Å²) in [5, 5.41) is 3.29. The van der Waals surface area contributed by atoms with E-state index in [4.69, 9.17) is 10.5 Å². The first-order valence-corrected chi connectivity index (χ1v) is 4.98. The minimum absolute atomic E-state index is 0.492. The van der Waals surface area contributed by atoms with E-state index in [0.29, 0.717) is 12.5 Å². The Hall–Kier alpha value is -1.38. The Bertz CT molecular complexity index is 347. The third-order valence-corrected chi connectivity index (χ3v) is 2.47. The molecule has 1 heterocycles. The van der Waals surface area contributed by atoms with Crippen molar-refractivity contribution < 1.29 is 4.74 Å². The lowest BCUT2D eigenvalue weighted by atomic mass is 10.0. The number of fused-ring (bicyclic) bond motifs is 1. The lowest BCUT2D eigenvalue weighted by Gasteiger charge is -2.22. The van der Waals surface area contributed by atoms with Gasteiger partial charge in [-0.1, -0.05) is 13.8 Å². The highest BCUT2D eigenvalue weighted by Gasteiger charge is 2.14. The molecule has 3 N–H and O–H groups in total. The van der Waals surface area contributed by atoms with Crippen LogP contribution in [-0.2, 0) is 0 Å². The highest BCUT2D eigenvalue weighted by molar-refractivity contribution is 5.72. The van der Waals surface area contributed by atoms with Gasteiger partial charge in [-0.25, -0.2) is 0 Å². The van der Waals surface area contributed by atoms with Gasteiger partial charge in [0.2, 0.25) is 0 Å². The monoisotopic (exact) mass is 192 g/mol. The second-order valence-corrected chi connectivity index (χ2v) is 3.92. The first-order chi connectivity index (χ1) is 6.68. The zero-order valence-electron chi connectivity index (χ0n) is 8.63. The smallest absolute Gasteiger partial charge is 0.165 e. The van der Waals surface area contributed by atoms with E-state index in [1.165, 1.54) is 5.56 Å². The first kappa shape index (κ1) is 9.19. The third-order valence-electron chi connectivity index (χ3n) is 2.47. The maximum absolute atomic E-state index is 5.91. The van der Waals surface area contributed by atoms with Crippen LogP contribution in [0.25, 0.3) is 0 Å². The molecule has 1 aromatic rings. The third kappa shape index (κ3) is 1.50. The predicted octanol–water partition coefficient (Wildman–Crippen LogP) is 2.20. The van der Waals surface area contributed by atoms with Gasteiger partial charge in [-0.15, -0.1) is 0 Å². The van der Waals surface area contributed by atoms with Crippen LogP contribution in [0.3, 0.4) is 0 Å². The summed E-state index contributed by atoms with van der Waals surface area (Å²) in [4.78, 5) is 0. The number of anilines is 2. The minimum atomic E-state index is 0.492. The second-order valence-electron chi connectivity index (χ2n) is 3.92. The number of hydrogen-bond acceptors (Lipinski definition) is 3. The fourth-order valence-corrected chi connectivity index (χ4v) is 1.64. The van der Waals surface area contributed by atoms with E-state index in [1.54, 1.807) is 0 Å². The van der Waals surface area contributed by atoms with Gasteiger partial charge in [0.05, 0.1) is 11.4 Å². The molecule has 1 aromatic carbocycles. The van der Waals surface area contributed by atoms with Crippen molar-refractivity contribution in [2.24, 2.45) is 0 Å². The molecule has 0 spiro atoms. The normalized spacial score (nSPS) is 14.5. The highest BCUT2D eigenvalue weighted by atomic mass is 16.5. The minimum Gasteiger partial charge on any atom is -0.487 e. The van der Waals surface area contributed by atoms with Crippen molar-refractivity contribution in [3.05, 3.63) is 17.7 Å². The molecule has 1 aliphatic heterocycles. The van der Waals surface area contributed by atoms with Crippen LogP contribution in [0, 0.1) is 0 Å². The Kier molecular flexibility index (Phi) is 2.23. The molecule has 0 saturated heterocycles. The molecular formula is C11H16N2O. The number of rotatable bonds is 1. The number of hydrogen-bond donors (Lipinski definition) is 2. The maximum Gasteiger partial charge on any atom is 0.165 e. The molecule has 2 rings (SSSR count). The van der Waals surface area contributed by atoms with Gasteiger partial charge in [0, 0.05) is 6.54 Å². The molecule has 0 amide bonds. The Morgan fingerprint density at radius 1 is 1.43 bits per heavy atom. The molecule has 0 radical (unpaired) electrons. The van der Waals surface area contributed by atoms with Crippen molar-refractivity contribution >= 4 is 11.4 Å². The number of benzene rings is 1. The molecule has 0 aromatic heterocycles. The molecule has 0 saturated carbocycles. The Balaban J connectivity index is 2.46. The van der Waals surface area contributed by atoms with Gasteiger partial charge in [0.1, 0.15) is 6.61 Å². The topological polar surface area (TPSA) is 47.3 Å². The van der Waals surface area contributed by atoms with E-state index in [2.05, 4.69) is 25.2 Å². The van der Waals surface area contributed by atoms with Crippen molar-refractivity contribution in [1.29, 1.82) is 0 Å².